The molecule has 202 valence electrons. The third-order valence-corrected chi connectivity index (χ3v) is 7.28. The molecule has 0 unspecified atom stereocenters. The second kappa shape index (κ2) is 12.4. The predicted octanol–water partition coefficient (Wildman–Crippen LogP) is 4.17. The first kappa shape index (κ1) is 26.8. The molecule has 0 bridgehead atoms. The molecule has 1 aromatic heterocycles. The number of H-pyrrole nitrogens is 1. The van der Waals surface area contributed by atoms with Crippen LogP contribution in [0.25, 0.3) is 23.1 Å². The van der Waals surface area contributed by atoms with Crippen molar-refractivity contribution in [3.63, 3.8) is 0 Å². The number of aromatic amines is 1. The van der Waals surface area contributed by atoms with Crippen LogP contribution in [0.4, 0.5) is 0 Å². The minimum absolute atomic E-state index is 0.225. The van der Waals surface area contributed by atoms with Gasteiger partial charge in [0.2, 0.25) is 5.91 Å². The summed E-state index contributed by atoms with van der Waals surface area (Å²) in [6, 6.07) is 25.5. The molecule has 5 rings (SSSR count). The third-order valence-electron chi connectivity index (χ3n) is 7.28. The Kier molecular flexibility index (Phi) is 8.54. The summed E-state index contributed by atoms with van der Waals surface area (Å²) >= 11 is 0. The summed E-state index contributed by atoms with van der Waals surface area (Å²) in [6.07, 6.45) is 5.23. The Morgan fingerprint density at radius 3 is 2.59 bits per heavy atom. The zero-order valence-corrected chi connectivity index (χ0v) is 22.0. The van der Waals surface area contributed by atoms with Gasteiger partial charge in [0, 0.05) is 29.6 Å². The van der Waals surface area contributed by atoms with Crippen LogP contribution in [0.2, 0.25) is 0 Å². The molecule has 39 heavy (non-hydrogen) atoms. The number of aliphatic hydroxyl groups is 2. The van der Waals surface area contributed by atoms with Crippen LogP contribution in [0.1, 0.15) is 29.2 Å². The molecule has 1 fully saturated rings. The molecule has 1 aliphatic rings. The molecular weight excluding hydrogens is 490 g/mol. The fraction of sp³-hybridized carbons (Fsp3) is 0.281. The molecule has 4 aromatic rings. The summed E-state index contributed by atoms with van der Waals surface area (Å²) in [7, 11) is 0. The Balaban J connectivity index is 1.29. The highest BCUT2D eigenvalue weighted by Gasteiger charge is 2.48. The van der Waals surface area contributed by atoms with Gasteiger partial charge in [-0.2, -0.15) is 5.06 Å². The fourth-order valence-corrected chi connectivity index (χ4v) is 5.30. The van der Waals surface area contributed by atoms with Crippen molar-refractivity contribution < 1.29 is 19.8 Å². The van der Waals surface area contributed by atoms with E-state index in [2.05, 4.69) is 28.5 Å². The quantitative estimate of drug-likeness (QED) is 0.233. The van der Waals surface area contributed by atoms with Crippen LogP contribution in [-0.4, -0.2) is 57.6 Å². The lowest BCUT2D eigenvalue weighted by atomic mass is 9.92. The van der Waals surface area contributed by atoms with Crippen molar-refractivity contribution in [3.05, 3.63) is 107 Å². The first-order valence-corrected chi connectivity index (χ1v) is 13.4. The van der Waals surface area contributed by atoms with Gasteiger partial charge >= 0.3 is 0 Å². The number of nitrogens with zero attached hydrogens (tertiary/aromatic N) is 1. The number of rotatable bonds is 10. The Hall–Kier alpha value is -3.75. The Bertz CT molecular complexity index is 1420. The Morgan fingerprint density at radius 2 is 1.79 bits per heavy atom. The van der Waals surface area contributed by atoms with Gasteiger partial charge in [-0.1, -0.05) is 84.9 Å². The average molecular weight is 526 g/mol. The van der Waals surface area contributed by atoms with Gasteiger partial charge < -0.3 is 20.5 Å². The minimum atomic E-state index is -0.839. The van der Waals surface area contributed by atoms with E-state index in [9.17, 15) is 15.0 Å². The predicted molar refractivity (Wildman–Crippen MR) is 153 cm³/mol. The standard InChI is InChI=1S/C32H35N3O4/c1-22(37)31-28(21-36)30(32(38)33-17-16-26-19-34-29-13-6-5-12-27(26)29)35(39-31)20-25-11-7-10-24(18-25)15-14-23-8-3-2-4-9-23/h2-15,18-19,22,28,30-31,34,36-37H,16-17,20-21H2,1H3,(H,33,38)/b15-14+/t22-,28-,30-,31-/m0/s1. The van der Waals surface area contributed by atoms with Crippen molar-refractivity contribution >= 4 is 29.0 Å². The fourth-order valence-electron chi connectivity index (χ4n) is 5.30. The first-order chi connectivity index (χ1) is 19.0. The number of benzene rings is 3. The van der Waals surface area contributed by atoms with E-state index in [-0.39, 0.29) is 12.5 Å². The van der Waals surface area contributed by atoms with E-state index in [1.54, 1.807) is 12.0 Å². The molecule has 3 aromatic carbocycles. The van der Waals surface area contributed by atoms with Crippen molar-refractivity contribution in [2.24, 2.45) is 5.92 Å². The topological polar surface area (TPSA) is 97.8 Å². The summed E-state index contributed by atoms with van der Waals surface area (Å²) in [6.45, 7) is 2.14. The van der Waals surface area contributed by atoms with E-state index in [4.69, 9.17) is 4.84 Å². The lowest BCUT2D eigenvalue weighted by Crippen LogP contribution is -2.48. The summed E-state index contributed by atoms with van der Waals surface area (Å²) in [4.78, 5) is 22.8. The van der Waals surface area contributed by atoms with Crippen molar-refractivity contribution in [3.8, 4) is 0 Å². The minimum Gasteiger partial charge on any atom is -0.396 e. The van der Waals surface area contributed by atoms with Gasteiger partial charge in [-0.05, 0) is 41.7 Å². The Morgan fingerprint density at radius 1 is 1.05 bits per heavy atom. The lowest BCUT2D eigenvalue weighted by molar-refractivity contribution is -0.192. The van der Waals surface area contributed by atoms with Crippen molar-refractivity contribution in [2.45, 2.75) is 38.1 Å². The molecule has 0 spiro atoms. The van der Waals surface area contributed by atoms with Crippen LogP contribution < -0.4 is 5.32 Å². The lowest BCUT2D eigenvalue weighted by Gasteiger charge is -2.24. The number of amides is 1. The SMILES string of the molecule is C[C@H](O)[C@@H]1ON(Cc2cccc(/C=C/c3ccccc3)c2)[C@H](C(=O)NCCc2c[nH]c3ccccc23)[C@@H]1CO. The zero-order valence-electron chi connectivity index (χ0n) is 22.0. The molecule has 4 N–H and O–H groups in total. The van der Waals surface area contributed by atoms with Crippen LogP contribution in [0.5, 0.6) is 0 Å². The summed E-state index contributed by atoms with van der Waals surface area (Å²) < 4.78 is 0. The molecule has 0 radical (unpaired) electrons. The number of nitrogens with one attached hydrogen (secondary N) is 2. The maximum absolute atomic E-state index is 13.5. The van der Waals surface area contributed by atoms with Gasteiger partial charge in [-0.25, -0.2) is 0 Å². The summed E-state index contributed by atoms with van der Waals surface area (Å²) in [5.74, 6) is -0.781. The van der Waals surface area contributed by atoms with Gasteiger partial charge in [0.25, 0.3) is 0 Å². The van der Waals surface area contributed by atoms with E-state index < -0.39 is 24.2 Å². The van der Waals surface area contributed by atoms with Crippen LogP contribution >= 0.6 is 0 Å². The van der Waals surface area contributed by atoms with E-state index in [0.717, 1.165) is 33.2 Å². The van der Waals surface area contributed by atoms with Crippen molar-refractivity contribution in [1.82, 2.24) is 15.4 Å². The number of aliphatic hydroxyl groups excluding tert-OH is 2. The summed E-state index contributed by atoms with van der Waals surface area (Å²) in [5.41, 5.74) is 5.30. The molecule has 1 amide bonds. The highest BCUT2D eigenvalue weighted by atomic mass is 16.7. The Labute approximate surface area is 228 Å². The van der Waals surface area contributed by atoms with Crippen LogP contribution in [0.15, 0.2) is 85.1 Å². The second-order valence-electron chi connectivity index (χ2n) is 10.1. The molecule has 7 nitrogen and oxygen atoms in total. The monoisotopic (exact) mass is 525 g/mol. The van der Waals surface area contributed by atoms with Crippen LogP contribution in [-0.2, 0) is 22.6 Å². The van der Waals surface area contributed by atoms with E-state index >= 15 is 0 Å². The van der Waals surface area contributed by atoms with Crippen molar-refractivity contribution in [2.75, 3.05) is 13.2 Å². The first-order valence-electron chi connectivity index (χ1n) is 13.4. The van der Waals surface area contributed by atoms with E-state index in [1.165, 1.54) is 0 Å². The summed E-state index contributed by atoms with van der Waals surface area (Å²) in [5, 5.41) is 26.3. The number of hydrogen-bond donors (Lipinski definition) is 4. The van der Waals surface area contributed by atoms with Crippen LogP contribution in [0, 0.1) is 5.92 Å². The van der Waals surface area contributed by atoms with Gasteiger partial charge in [-0.3, -0.25) is 9.63 Å². The van der Waals surface area contributed by atoms with Gasteiger partial charge in [0.15, 0.2) is 0 Å². The molecular formula is C32H35N3O4. The van der Waals surface area contributed by atoms with Gasteiger partial charge in [0.1, 0.15) is 12.1 Å². The molecule has 7 heteroatoms. The number of hydroxylamine groups is 2. The number of carbonyl (C=O) groups is 1. The molecule has 0 aliphatic carbocycles. The number of hydrogen-bond acceptors (Lipinski definition) is 5. The zero-order chi connectivity index (χ0) is 27.2. The van der Waals surface area contributed by atoms with E-state index in [0.29, 0.717) is 19.5 Å². The van der Waals surface area contributed by atoms with Crippen LogP contribution in [0.3, 0.4) is 0 Å². The van der Waals surface area contributed by atoms with E-state index in [1.807, 2.05) is 79.0 Å². The number of fused-ring (bicyclic) bond motifs is 1. The second-order valence-corrected chi connectivity index (χ2v) is 10.1. The molecule has 0 saturated carbocycles. The van der Waals surface area contributed by atoms with Gasteiger partial charge in [0.05, 0.1) is 19.3 Å². The normalized spacial score (nSPS) is 20.5. The van der Waals surface area contributed by atoms with Crippen molar-refractivity contribution in [1.29, 1.82) is 0 Å². The molecule has 1 saturated heterocycles. The average Bonchev–Trinajstić information content (AvgIpc) is 3.54. The maximum Gasteiger partial charge on any atom is 0.240 e. The van der Waals surface area contributed by atoms with Gasteiger partial charge in [-0.15, -0.1) is 0 Å². The smallest absolute Gasteiger partial charge is 0.240 e. The molecule has 4 atom stereocenters. The third kappa shape index (κ3) is 6.29. The molecule has 2 heterocycles. The number of para-hydroxylation sites is 1. The number of aromatic nitrogens is 1. The highest BCUT2D eigenvalue weighted by Crippen LogP contribution is 2.31. The largest absolute Gasteiger partial charge is 0.396 e. The molecule has 1 aliphatic heterocycles. The highest BCUT2D eigenvalue weighted by molar-refractivity contribution is 5.84. The maximum atomic E-state index is 13.5. The number of carbonyl (C=O) groups excluding carboxylic acids is 1.